The zero-order valence-electron chi connectivity index (χ0n) is 12.8. The molecule has 1 N–H and O–H groups in total. The molecule has 3 nitrogen and oxygen atoms in total. The first-order valence-electron chi connectivity index (χ1n) is 7.58. The van der Waals surface area contributed by atoms with Crippen molar-refractivity contribution in [2.75, 3.05) is 25.0 Å². The van der Waals surface area contributed by atoms with Crippen LogP contribution in [-0.2, 0) is 6.54 Å². The van der Waals surface area contributed by atoms with Crippen LogP contribution in [0.4, 0.5) is 5.82 Å². The Labute approximate surface area is 122 Å². The number of aromatic nitrogens is 1. The Balaban J connectivity index is 2.42. The van der Waals surface area contributed by atoms with Gasteiger partial charge in [-0.15, -0.1) is 0 Å². The predicted molar refractivity (Wildman–Crippen MR) is 87.3 cm³/mol. The molecule has 0 unspecified atom stereocenters. The van der Waals surface area contributed by atoms with E-state index in [4.69, 9.17) is 4.98 Å². The Bertz CT molecular complexity index is 551. The summed E-state index contributed by atoms with van der Waals surface area (Å²) in [6, 6.07) is 10.6. The first-order chi connectivity index (χ1) is 9.80. The Morgan fingerprint density at radius 1 is 1.20 bits per heavy atom. The summed E-state index contributed by atoms with van der Waals surface area (Å²) in [5.74, 6) is 1.10. The highest BCUT2D eigenvalue weighted by Gasteiger charge is 2.10. The lowest BCUT2D eigenvalue weighted by atomic mass is 10.1. The van der Waals surface area contributed by atoms with Gasteiger partial charge in [0.05, 0.1) is 5.52 Å². The molecule has 20 heavy (non-hydrogen) atoms. The number of fused-ring (bicyclic) bond motifs is 1. The summed E-state index contributed by atoms with van der Waals surface area (Å²) < 4.78 is 0. The largest absolute Gasteiger partial charge is 0.357 e. The van der Waals surface area contributed by atoms with Gasteiger partial charge in [-0.25, -0.2) is 4.98 Å². The van der Waals surface area contributed by atoms with E-state index in [1.54, 1.807) is 0 Å². The molecule has 0 fully saturated rings. The van der Waals surface area contributed by atoms with Crippen molar-refractivity contribution >= 4 is 16.7 Å². The molecule has 2 rings (SSSR count). The summed E-state index contributed by atoms with van der Waals surface area (Å²) in [5.41, 5.74) is 2.41. The van der Waals surface area contributed by atoms with Crippen LogP contribution in [0, 0.1) is 0 Å². The molecule has 0 bridgehead atoms. The van der Waals surface area contributed by atoms with Crippen molar-refractivity contribution in [1.82, 2.24) is 10.3 Å². The molecule has 0 aliphatic rings. The van der Waals surface area contributed by atoms with E-state index >= 15 is 0 Å². The molecule has 108 valence electrons. The van der Waals surface area contributed by atoms with E-state index < -0.39 is 0 Å². The lowest BCUT2D eigenvalue weighted by Crippen LogP contribution is -2.25. The van der Waals surface area contributed by atoms with E-state index in [1.807, 2.05) is 7.05 Å². The highest BCUT2D eigenvalue weighted by atomic mass is 15.2. The highest BCUT2D eigenvalue weighted by molar-refractivity contribution is 5.84. The van der Waals surface area contributed by atoms with Crippen LogP contribution in [-0.4, -0.2) is 25.1 Å². The van der Waals surface area contributed by atoms with Gasteiger partial charge in [0.15, 0.2) is 0 Å². The molecule has 0 spiro atoms. The zero-order valence-corrected chi connectivity index (χ0v) is 12.8. The van der Waals surface area contributed by atoms with Crippen LogP contribution in [0.1, 0.15) is 32.3 Å². The highest BCUT2D eigenvalue weighted by Crippen LogP contribution is 2.23. The maximum absolute atomic E-state index is 4.84. The zero-order chi connectivity index (χ0) is 14.4. The average Bonchev–Trinajstić information content (AvgIpc) is 2.48. The van der Waals surface area contributed by atoms with Gasteiger partial charge in [-0.3, -0.25) is 0 Å². The summed E-state index contributed by atoms with van der Waals surface area (Å²) >= 11 is 0. The number of unbranched alkanes of at least 4 members (excludes halogenated alkanes) is 1. The molecular weight excluding hydrogens is 246 g/mol. The molecule has 1 aromatic heterocycles. The second kappa shape index (κ2) is 7.25. The number of nitrogens with zero attached hydrogens (tertiary/aromatic N) is 2. The van der Waals surface area contributed by atoms with Crippen LogP contribution in [0.3, 0.4) is 0 Å². The van der Waals surface area contributed by atoms with Crippen LogP contribution >= 0.6 is 0 Å². The fraction of sp³-hybridized carbons (Fsp3) is 0.471. The van der Waals surface area contributed by atoms with Crippen molar-refractivity contribution < 1.29 is 0 Å². The van der Waals surface area contributed by atoms with Gasteiger partial charge in [0.25, 0.3) is 0 Å². The van der Waals surface area contributed by atoms with Crippen molar-refractivity contribution in [3.05, 3.63) is 35.9 Å². The number of pyridine rings is 1. The quantitative estimate of drug-likeness (QED) is 0.834. The Morgan fingerprint density at radius 2 is 2.00 bits per heavy atom. The lowest BCUT2D eigenvalue weighted by molar-refractivity contribution is 0.724. The molecule has 2 aromatic rings. The maximum atomic E-state index is 4.84. The molecule has 0 saturated carbocycles. The third kappa shape index (κ3) is 3.28. The number of hydrogen-bond acceptors (Lipinski definition) is 3. The molecule has 0 aliphatic carbocycles. The van der Waals surface area contributed by atoms with Crippen molar-refractivity contribution in [3.63, 3.8) is 0 Å². The van der Waals surface area contributed by atoms with Gasteiger partial charge in [-0.05, 0) is 38.1 Å². The summed E-state index contributed by atoms with van der Waals surface area (Å²) in [6.45, 7) is 7.39. The predicted octanol–water partition coefficient (Wildman–Crippen LogP) is 3.58. The van der Waals surface area contributed by atoms with Crippen LogP contribution in [0.2, 0.25) is 0 Å². The van der Waals surface area contributed by atoms with E-state index in [2.05, 4.69) is 54.4 Å². The number of hydrogen-bond donors (Lipinski definition) is 1. The fourth-order valence-electron chi connectivity index (χ4n) is 2.51. The topological polar surface area (TPSA) is 28.2 Å². The molecular formula is C17H25N3. The van der Waals surface area contributed by atoms with Crippen molar-refractivity contribution in [1.29, 1.82) is 0 Å². The monoisotopic (exact) mass is 271 g/mol. The number of anilines is 1. The van der Waals surface area contributed by atoms with Gasteiger partial charge in [-0.2, -0.15) is 0 Å². The molecule has 1 heterocycles. The Kier molecular flexibility index (Phi) is 5.36. The fourth-order valence-corrected chi connectivity index (χ4v) is 2.51. The minimum absolute atomic E-state index is 0.876. The number of benzene rings is 1. The summed E-state index contributed by atoms with van der Waals surface area (Å²) in [6.07, 6.45) is 2.43. The summed E-state index contributed by atoms with van der Waals surface area (Å²) in [7, 11) is 1.99. The minimum Gasteiger partial charge on any atom is -0.357 e. The smallest absolute Gasteiger partial charge is 0.129 e. The van der Waals surface area contributed by atoms with Gasteiger partial charge < -0.3 is 10.2 Å². The summed E-state index contributed by atoms with van der Waals surface area (Å²) in [4.78, 5) is 7.21. The van der Waals surface area contributed by atoms with Gasteiger partial charge in [0.2, 0.25) is 0 Å². The second-order valence-electron chi connectivity index (χ2n) is 5.12. The van der Waals surface area contributed by atoms with Gasteiger partial charge in [0, 0.05) is 25.0 Å². The average molecular weight is 271 g/mol. The van der Waals surface area contributed by atoms with Crippen molar-refractivity contribution in [3.8, 4) is 0 Å². The Hall–Kier alpha value is -1.61. The minimum atomic E-state index is 0.876. The van der Waals surface area contributed by atoms with Gasteiger partial charge in [-0.1, -0.05) is 31.5 Å². The second-order valence-corrected chi connectivity index (χ2v) is 5.12. The Morgan fingerprint density at radius 3 is 2.70 bits per heavy atom. The van der Waals surface area contributed by atoms with Crippen LogP contribution in [0.5, 0.6) is 0 Å². The molecule has 0 amide bonds. The van der Waals surface area contributed by atoms with E-state index in [1.165, 1.54) is 23.8 Å². The van der Waals surface area contributed by atoms with E-state index in [0.29, 0.717) is 0 Å². The van der Waals surface area contributed by atoms with Crippen molar-refractivity contribution in [2.24, 2.45) is 0 Å². The third-order valence-electron chi connectivity index (χ3n) is 3.64. The SMILES string of the molecule is CCCCN(CC)c1cc(CNC)c2ccccc2n1. The number of rotatable bonds is 7. The standard InChI is InChI=1S/C17H25N3/c1-4-6-11-20(5-2)17-12-14(13-18-3)15-9-7-8-10-16(15)19-17/h7-10,12,18H,4-6,11,13H2,1-3H3. The normalized spacial score (nSPS) is 10.9. The molecule has 3 heteroatoms. The molecule has 1 aromatic carbocycles. The molecule has 0 radical (unpaired) electrons. The first-order valence-corrected chi connectivity index (χ1v) is 7.58. The maximum Gasteiger partial charge on any atom is 0.129 e. The van der Waals surface area contributed by atoms with Crippen LogP contribution in [0.25, 0.3) is 10.9 Å². The molecule has 0 atom stereocenters. The van der Waals surface area contributed by atoms with Crippen LogP contribution in [0.15, 0.2) is 30.3 Å². The lowest BCUT2D eigenvalue weighted by Gasteiger charge is -2.23. The number of nitrogens with one attached hydrogen (secondary N) is 1. The van der Waals surface area contributed by atoms with Crippen LogP contribution < -0.4 is 10.2 Å². The van der Waals surface area contributed by atoms with Gasteiger partial charge in [0.1, 0.15) is 5.82 Å². The number of para-hydroxylation sites is 1. The van der Waals surface area contributed by atoms with E-state index in [0.717, 1.165) is 31.0 Å². The van der Waals surface area contributed by atoms with Gasteiger partial charge >= 0.3 is 0 Å². The van der Waals surface area contributed by atoms with E-state index in [-0.39, 0.29) is 0 Å². The van der Waals surface area contributed by atoms with E-state index in [9.17, 15) is 0 Å². The third-order valence-corrected chi connectivity index (χ3v) is 3.64. The molecule has 0 aliphatic heterocycles. The summed E-state index contributed by atoms with van der Waals surface area (Å²) in [5, 5.41) is 4.50. The first kappa shape index (κ1) is 14.8. The van der Waals surface area contributed by atoms with Crippen molar-refractivity contribution in [2.45, 2.75) is 33.2 Å². The molecule has 0 saturated heterocycles.